The molecule has 0 spiro atoms. The van der Waals surface area contributed by atoms with Crippen LogP contribution in [0.3, 0.4) is 0 Å². The van der Waals surface area contributed by atoms with Gasteiger partial charge in [-0.2, -0.15) is 4.52 Å². The van der Waals surface area contributed by atoms with Crippen LogP contribution in [0.15, 0.2) is 24.8 Å². The highest BCUT2D eigenvalue weighted by Crippen LogP contribution is 2.30. The van der Waals surface area contributed by atoms with Crippen molar-refractivity contribution in [3.05, 3.63) is 36.0 Å². The van der Waals surface area contributed by atoms with E-state index in [0.29, 0.717) is 6.04 Å². The van der Waals surface area contributed by atoms with Crippen LogP contribution in [0, 0.1) is 0 Å². The molecule has 4 heterocycles. The molecular weight excluding hydrogens is 316 g/mol. The first kappa shape index (κ1) is 14.6. The molecule has 0 bridgehead atoms. The number of anilines is 2. The normalized spacial score (nSPS) is 20.3. The highest BCUT2D eigenvalue weighted by Gasteiger charge is 2.28. The Bertz CT molecular complexity index is 920. The number of nitrogens with zero attached hydrogens (tertiary/aromatic N) is 8. The maximum absolute atomic E-state index is 4.64. The van der Waals surface area contributed by atoms with E-state index in [9.17, 15) is 0 Å². The quantitative estimate of drug-likeness (QED) is 0.694. The van der Waals surface area contributed by atoms with Crippen LogP contribution in [0.4, 0.5) is 11.6 Å². The van der Waals surface area contributed by atoms with Crippen LogP contribution < -0.4 is 9.80 Å². The minimum Gasteiger partial charge on any atom is -0.352 e. The predicted molar refractivity (Wildman–Crippen MR) is 93.9 cm³/mol. The van der Waals surface area contributed by atoms with Gasteiger partial charge in [0.2, 0.25) is 0 Å². The zero-order valence-corrected chi connectivity index (χ0v) is 14.2. The maximum atomic E-state index is 4.64. The molecular formula is C17H20N8. The van der Waals surface area contributed by atoms with E-state index < -0.39 is 0 Å². The Morgan fingerprint density at radius 2 is 2.08 bits per heavy atom. The lowest BCUT2D eigenvalue weighted by Gasteiger charge is -2.41. The first-order valence-corrected chi connectivity index (χ1v) is 8.81. The third-order valence-electron chi connectivity index (χ3n) is 5.22. The van der Waals surface area contributed by atoms with E-state index in [-0.39, 0.29) is 0 Å². The van der Waals surface area contributed by atoms with Gasteiger partial charge in [-0.05, 0) is 38.3 Å². The summed E-state index contributed by atoms with van der Waals surface area (Å²) in [6.07, 6.45) is 6.75. The number of aromatic nitrogens is 6. The van der Waals surface area contributed by atoms with Crippen molar-refractivity contribution in [2.45, 2.75) is 32.2 Å². The van der Waals surface area contributed by atoms with Gasteiger partial charge in [0, 0.05) is 36.9 Å². The summed E-state index contributed by atoms with van der Waals surface area (Å²) in [5.74, 6) is 2.10. The van der Waals surface area contributed by atoms with E-state index in [1.54, 1.807) is 17.2 Å². The molecule has 5 rings (SSSR count). The Balaban J connectivity index is 1.39. The third-order valence-corrected chi connectivity index (χ3v) is 5.22. The lowest BCUT2D eigenvalue weighted by Crippen LogP contribution is -2.53. The molecule has 1 aliphatic heterocycles. The molecule has 25 heavy (non-hydrogen) atoms. The average molecular weight is 336 g/mol. The number of rotatable bonds is 2. The van der Waals surface area contributed by atoms with Crippen LogP contribution in [0.2, 0.25) is 0 Å². The molecule has 0 radical (unpaired) electrons. The van der Waals surface area contributed by atoms with Gasteiger partial charge in [-0.15, -0.1) is 15.3 Å². The summed E-state index contributed by atoms with van der Waals surface area (Å²) in [5.41, 5.74) is 3.36. The van der Waals surface area contributed by atoms with E-state index in [4.69, 9.17) is 0 Å². The molecule has 0 aromatic carbocycles. The Morgan fingerprint density at radius 3 is 3.00 bits per heavy atom. The molecule has 0 amide bonds. The SMILES string of the molecule is CC1CN(c2ncnc3c2CCC3)CCN1c1ccc2nncn2n1. The molecule has 0 N–H and O–H groups in total. The zero-order valence-electron chi connectivity index (χ0n) is 14.2. The maximum Gasteiger partial charge on any atom is 0.177 e. The molecule has 1 atom stereocenters. The number of hydrogen-bond donors (Lipinski definition) is 0. The summed E-state index contributed by atoms with van der Waals surface area (Å²) in [6, 6.07) is 4.34. The smallest absolute Gasteiger partial charge is 0.177 e. The van der Waals surface area contributed by atoms with Gasteiger partial charge in [0.15, 0.2) is 5.65 Å². The fraction of sp³-hybridized carbons (Fsp3) is 0.471. The Kier molecular flexibility index (Phi) is 3.29. The predicted octanol–water partition coefficient (Wildman–Crippen LogP) is 1.12. The van der Waals surface area contributed by atoms with Crippen molar-refractivity contribution in [2.75, 3.05) is 29.4 Å². The minimum absolute atomic E-state index is 0.349. The molecule has 1 aliphatic carbocycles. The average Bonchev–Trinajstić information content (AvgIpc) is 3.29. The van der Waals surface area contributed by atoms with Gasteiger partial charge in [0.25, 0.3) is 0 Å². The summed E-state index contributed by atoms with van der Waals surface area (Å²) in [5, 5.41) is 12.6. The Morgan fingerprint density at radius 1 is 1.12 bits per heavy atom. The molecule has 3 aromatic heterocycles. The molecule has 8 nitrogen and oxygen atoms in total. The first-order chi connectivity index (χ1) is 12.3. The van der Waals surface area contributed by atoms with Gasteiger partial charge in [0.05, 0.1) is 0 Å². The monoisotopic (exact) mass is 336 g/mol. The van der Waals surface area contributed by atoms with E-state index in [0.717, 1.165) is 49.8 Å². The Labute approximate surface area is 145 Å². The van der Waals surface area contributed by atoms with E-state index in [2.05, 4.69) is 42.0 Å². The van der Waals surface area contributed by atoms with Crippen molar-refractivity contribution in [2.24, 2.45) is 0 Å². The van der Waals surface area contributed by atoms with Crippen LogP contribution in [0.1, 0.15) is 24.6 Å². The van der Waals surface area contributed by atoms with E-state index in [1.165, 1.54) is 17.7 Å². The van der Waals surface area contributed by atoms with Crippen molar-refractivity contribution in [3.8, 4) is 0 Å². The van der Waals surface area contributed by atoms with E-state index >= 15 is 0 Å². The van der Waals surface area contributed by atoms with Gasteiger partial charge in [-0.1, -0.05) is 0 Å². The second-order valence-electron chi connectivity index (χ2n) is 6.79. The second kappa shape index (κ2) is 5.65. The number of piperazine rings is 1. The largest absolute Gasteiger partial charge is 0.352 e. The van der Waals surface area contributed by atoms with Crippen LogP contribution in [-0.2, 0) is 12.8 Å². The van der Waals surface area contributed by atoms with Crippen LogP contribution >= 0.6 is 0 Å². The van der Waals surface area contributed by atoms with Crippen LogP contribution in [0.5, 0.6) is 0 Å². The van der Waals surface area contributed by atoms with Crippen molar-refractivity contribution in [1.29, 1.82) is 0 Å². The molecule has 1 saturated heterocycles. The lowest BCUT2D eigenvalue weighted by molar-refractivity contribution is 0.538. The lowest BCUT2D eigenvalue weighted by atomic mass is 10.1. The fourth-order valence-corrected chi connectivity index (χ4v) is 3.98. The van der Waals surface area contributed by atoms with Crippen LogP contribution in [0.25, 0.3) is 5.65 Å². The first-order valence-electron chi connectivity index (χ1n) is 8.81. The fourth-order valence-electron chi connectivity index (χ4n) is 3.98. The van der Waals surface area contributed by atoms with E-state index in [1.807, 2.05) is 12.1 Å². The van der Waals surface area contributed by atoms with Crippen LogP contribution in [-0.4, -0.2) is 55.5 Å². The van der Waals surface area contributed by atoms with Crippen molar-refractivity contribution in [3.63, 3.8) is 0 Å². The summed E-state index contributed by atoms with van der Waals surface area (Å²) < 4.78 is 1.73. The minimum atomic E-state index is 0.349. The zero-order chi connectivity index (χ0) is 16.8. The van der Waals surface area contributed by atoms with Crippen molar-refractivity contribution >= 4 is 17.3 Å². The summed E-state index contributed by atoms with van der Waals surface area (Å²) in [4.78, 5) is 13.8. The van der Waals surface area contributed by atoms with Gasteiger partial charge in [-0.25, -0.2) is 9.97 Å². The summed E-state index contributed by atoms with van der Waals surface area (Å²) in [7, 11) is 0. The summed E-state index contributed by atoms with van der Waals surface area (Å²) >= 11 is 0. The number of hydrogen-bond acceptors (Lipinski definition) is 7. The van der Waals surface area contributed by atoms with Crippen molar-refractivity contribution in [1.82, 2.24) is 29.8 Å². The Hall–Kier alpha value is -2.77. The standard InChI is InChI=1S/C17H20N8/c1-12-9-23(17-13-3-2-4-14(13)18-10-19-17)7-8-24(12)16-6-5-15-21-20-11-25(15)22-16/h5-6,10-12H,2-4,7-9H2,1H3. The third kappa shape index (κ3) is 2.40. The van der Waals surface area contributed by atoms with Gasteiger partial charge in [-0.3, -0.25) is 0 Å². The molecule has 1 unspecified atom stereocenters. The van der Waals surface area contributed by atoms with Crippen molar-refractivity contribution < 1.29 is 0 Å². The molecule has 8 heteroatoms. The topological polar surface area (TPSA) is 75.3 Å². The summed E-state index contributed by atoms with van der Waals surface area (Å²) in [6.45, 7) is 5.03. The van der Waals surface area contributed by atoms with Gasteiger partial charge >= 0.3 is 0 Å². The van der Waals surface area contributed by atoms with Gasteiger partial charge < -0.3 is 9.80 Å². The van der Waals surface area contributed by atoms with Gasteiger partial charge in [0.1, 0.15) is 24.3 Å². The second-order valence-corrected chi connectivity index (χ2v) is 6.79. The molecule has 0 saturated carbocycles. The highest BCUT2D eigenvalue weighted by molar-refractivity contribution is 5.53. The molecule has 3 aromatic rings. The highest BCUT2D eigenvalue weighted by atomic mass is 15.4. The molecule has 128 valence electrons. The molecule has 1 fully saturated rings. The number of fused-ring (bicyclic) bond motifs is 2. The number of aryl methyl sites for hydroxylation is 1. The molecule has 2 aliphatic rings.